The highest BCUT2D eigenvalue weighted by Crippen LogP contribution is 2.17. The van der Waals surface area contributed by atoms with Crippen LogP contribution >= 0.6 is 0 Å². The van der Waals surface area contributed by atoms with Crippen LogP contribution in [0.15, 0.2) is 24.3 Å². The summed E-state index contributed by atoms with van der Waals surface area (Å²) in [4.78, 5) is 7.04. The highest BCUT2D eigenvalue weighted by atomic mass is 16.5. The first kappa shape index (κ1) is 13.4. The first-order valence-electron chi connectivity index (χ1n) is 7.27. The monoisotopic (exact) mass is 274 g/mol. The number of likely N-dealkylation sites (N-methyl/N-ethyl adjacent to an activating group) is 1. The van der Waals surface area contributed by atoms with E-state index in [0.29, 0.717) is 0 Å². The zero-order valence-corrected chi connectivity index (χ0v) is 12.2. The fourth-order valence-corrected chi connectivity index (χ4v) is 2.70. The van der Waals surface area contributed by atoms with Gasteiger partial charge in [-0.2, -0.15) is 0 Å². The van der Waals surface area contributed by atoms with Crippen LogP contribution in [0.4, 0.5) is 5.95 Å². The van der Waals surface area contributed by atoms with Crippen LogP contribution in [0, 0.1) is 0 Å². The predicted octanol–water partition coefficient (Wildman–Crippen LogP) is 1.71. The molecule has 0 amide bonds. The van der Waals surface area contributed by atoms with Crippen molar-refractivity contribution in [2.45, 2.75) is 13.0 Å². The van der Waals surface area contributed by atoms with Crippen molar-refractivity contribution in [1.29, 1.82) is 0 Å². The van der Waals surface area contributed by atoms with Crippen LogP contribution in [-0.2, 0) is 11.8 Å². The van der Waals surface area contributed by atoms with Crippen LogP contribution in [0.3, 0.4) is 0 Å². The van der Waals surface area contributed by atoms with E-state index in [1.165, 1.54) is 0 Å². The summed E-state index contributed by atoms with van der Waals surface area (Å²) in [5.41, 5.74) is 2.17. The normalized spacial score (nSPS) is 20.4. The maximum atomic E-state index is 5.80. The molecule has 0 aliphatic carbocycles. The molecule has 0 spiro atoms. The number of benzene rings is 1. The summed E-state index contributed by atoms with van der Waals surface area (Å²) >= 11 is 0. The lowest BCUT2D eigenvalue weighted by Gasteiger charge is -2.32. The summed E-state index contributed by atoms with van der Waals surface area (Å²) in [7, 11) is 2.04. The number of imidazole rings is 1. The minimum Gasteiger partial charge on any atom is -0.374 e. The Bertz CT molecular complexity index is 580. The van der Waals surface area contributed by atoms with Gasteiger partial charge in [0.25, 0.3) is 0 Å². The van der Waals surface area contributed by atoms with Crippen molar-refractivity contribution in [3.05, 3.63) is 24.3 Å². The summed E-state index contributed by atoms with van der Waals surface area (Å²) in [6, 6.07) is 8.18. The molecule has 0 radical (unpaired) electrons. The van der Waals surface area contributed by atoms with Crippen LogP contribution in [-0.4, -0.2) is 53.3 Å². The third-order valence-electron chi connectivity index (χ3n) is 3.95. The molecule has 5 nitrogen and oxygen atoms in total. The zero-order valence-electron chi connectivity index (χ0n) is 12.2. The number of anilines is 1. The van der Waals surface area contributed by atoms with E-state index in [-0.39, 0.29) is 6.10 Å². The number of aromatic nitrogens is 2. The molecule has 1 unspecified atom stereocenters. The molecular formula is C15H22N4O. The Labute approximate surface area is 119 Å². The average molecular weight is 274 g/mol. The lowest BCUT2D eigenvalue weighted by Crippen LogP contribution is -2.45. The van der Waals surface area contributed by atoms with E-state index >= 15 is 0 Å². The first-order chi connectivity index (χ1) is 9.78. The van der Waals surface area contributed by atoms with Gasteiger partial charge in [0.05, 0.1) is 23.7 Å². The second-order valence-corrected chi connectivity index (χ2v) is 5.25. The summed E-state index contributed by atoms with van der Waals surface area (Å²) in [6.07, 6.45) is 0.239. The summed E-state index contributed by atoms with van der Waals surface area (Å²) in [5.74, 6) is 0.906. The van der Waals surface area contributed by atoms with Gasteiger partial charge < -0.3 is 14.6 Å². The Morgan fingerprint density at radius 2 is 2.25 bits per heavy atom. The van der Waals surface area contributed by atoms with E-state index in [9.17, 15) is 0 Å². The molecule has 1 aromatic heterocycles. The molecule has 20 heavy (non-hydrogen) atoms. The van der Waals surface area contributed by atoms with Gasteiger partial charge in [0, 0.05) is 26.7 Å². The molecule has 2 heterocycles. The fourth-order valence-electron chi connectivity index (χ4n) is 2.70. The van der Waals surface area contributed by atoms with E-state index in [4.69, 9.17) is 4.74 Å². The van der Waals surface area contributed by atoms with E-state index in [1.54, 1.807) is 0 Å². The Balaban J connectivity index is 1.66. The largest absolute Gasteiger partial charge is 0.374 e. The first-order valence-corrected chi connectivity index (χ1v) is 7.27. The lowest BCUT2D eigenvalue weighted by atomic mass is 10.2. The van der Waals surface area contributed by atoms with Gasteiger partial charge in [-0.05, 0) is 18.7 Å². The number of para-hydroxylation sites is 2. The second-order valence-electron chi connectivity index (χ2n) is 5.25. The number of nitrogens with zero attached hydrogens (tertiary/aromatic N) is 3. The van der Waals surface area contributed by atoms with Crippen LogP contribution in [0.5, 0.6) is 0 Å². The lowest BCUT2D eigenvalue weighted by molar-refractivity contribution is -0.0192. The van der Waals surface area contributed by atoms with E-state index in [2.05, 4.69) is 32.8 Å². The molecule has 1 saturated heterocycles. The summed E-state index contributed by atoms with van der Waals surface area (Å²) in [6.45, 7) is 6.94. The van der Waals surface area contributed by atoms with Crippen molar-refractivity contribution < 1.29 is 4.74 Å². The maximum absolute atomic E-state index is 5.80. The minimum absolute atomic E-state index is 0.239. The van der Waals surface area contributed by atoms with Gasteiger partial charge in [0.2, 0.25) is 5.95 Å². The highest BCUT2D eigenvalue weighted by Gasteiger charge is 2.19. The standard InChI is InChI=1S/C15H22N4O/c1-3-19-8-9-20-12(11-19)10-16-15-17-13-6-4-5-7-14(13)18(15)2/h4-7,12H,3,8-11H2,1-2H3,(H,16,17). The Kier molecular flexibility index (Phi) is 3.89. The van der Waals surface area contributed by atoms with E-state index < -0.39 is 0 Å². The number of hydrogen-bond acceptors (Lipinski definition) is 4. The molecule has 0 bridgehead atoms. The van der Waals surface area contributed by atoms with Gasteiger partial charge in [0.15, 0.2) is 0 Å². The maximum Gasteiger partial charge on any atom is 0.203 e. The smallest absolute Gasteiger partial charge is 0.203 e. The van der Waals surface area contributed by atoms with Crippen LogP contribution < -0.4 is 5.32 Å². The summed E-state index contributed by atoms with van der Waals surface area (Å²) in [5, 5.41) is 3.42. The predicted molar refractivity (Wildman–Crippen MR) is 81.1 cm³/mol. The van der Waals surface area contributed by atoms with Gasteiger partial charge in [0.1, 0.15) is 0 Å². The van der Waals surface area contributed by atoms with Gasteiger partial charge >= 0.3 is 0 Å². The molecule has 1 aliphatic rings. The Morgan fingerprint density at radius 1 is 1.40 bits per heavy atom. The van der Waals surface area contributed by atoms with Gasteiger partial charge in [-0.1, -0.05) is 19.1 Å². The van der Waals surface area contributed by atoms with E-state index in [0.717, 1.165) is 49.8 Å². The molecule has 5 heteroatoms. The van der Waals surface area contributed by atoms with E-state index in [1.807, 2.05) is 25.2 Å². The molecule has 3 rings (SSSR count). The van der Waals surface area contributed by atoms with Crippen molar-refractivity contribution in [2.24, 2.45) is 7.05 Å². The third kappa shape index (κ3) is 2.64. The van der Waals surface area contributed by atoms with Gasteiger partial charge in [-0.3, -0.25) is 4.90 Å². The van der Waals surface area contributed by atoms with Crippen molar-refractivity contribution in [2.75, 3.05) is 38.1 Å². The Morgan fingerprint density at radius 3 is 3.05 bits per heavy atom. The molecule has 1 aliphatic heterocycles. The second kappa shape index (κ2) is 5.81. The van der Waals surface area contributed by atoms with Crippen LogP contribution in [0.1, 0.15) is 6.92 Å². The number of nitrogens with one attached hydrogen (secondary N) is 1. The molecule has 0 saturated carbocycles. The molecule has 1 N–H and O–H groups in total. The van der Waals surface area contributed by atoms with Crippen LogP contribution in [0.2, 0.25) is 0 Å². The van der Waals surface area contributed by atoms with Gasteiger partial charge in [-0.15, -0.1) is 0 Å². The molecule has 108 valence electrons. The Hall–Kier alpha value is -1.59. The SMILES string of the molecule is CCN1CCOC(CNc2nc3ccccc3n2C)C1. The van der Waals surface area contributed by atoms with Gasteiger partial charge in [-0.25, -0.2) is 4.98 Å². The van der Waals surface area contributed by atoms with Crippen molar-refractivity contribution in [3.8, 4) is 0 Å². The number of rotatable bonds is 4. The molecule has 2 aromatic rings. The zero-order chi connectivity index (χ0) is 13.9. The fraction of sp³-hybridized carbons (Fsp3) is 0.533. The molecule has 1 atom stereocenters. The topological polar surface area (TPSA) is 42.3 Å². The third-order valence-corrected chi connectivity index (χ3v) is 3.95. The number of morpholine rings is 1. The van der Waals surface area contributed by atoms with Crippen LogP contribution in [0.25, 0.3) is 11.0 Å². The quantitative estimate of drug-likeness (QED) is 0.921. The van der Waals surface area contributed by atoms with Crippen molar-refractivity contribution >= 4 is 17.0 Å². The number of aryl methyl sites for hydroxylation is 1. The number of fused-ring (bicyclic) bond motifs is 1. The average Bonchev–Trinajstić information content (AvgIpc) is 2.82. The highest BCUT2D eigenvalue weighted by molar-refractivity contribution is 5.78. The number of ether oxygens (including phenoxy) is 1. The van der Waals surface area contributed by atoms with Crippen molar-refractivity contribution in [1.82, 2.24) is 14.5 Å². The molecule has 1 aromatic carbocycles. The number of hydrogen-bond donors (Lipinski definition) is 1. The summed E-state index contributed by atoms with van der Waals surface area (Å²) < 4.78 is 7.90. The molecule has 1 fully saturated rings. The molecular weight excluding hydrogens is 252 g/mol. The minimum atomic E-state index is 0.239. The van der Waals surface area contributed by atoms with Crippen molar-refractivity contribution in [3.63, 3.8) is 0 Å².